The van der Waals surface area contributed by atoms with E-state index in [0.29, 0.717) is 6.54 Å². The molecule has 0 aromatic carbocycles. The summed E-state index contributed by atoms with van der Waals surface area (Å²) < 4.78 is 0. The molecule has 106 valence electrons. The third-order valence-corrected chi connectivity index (χ3v) is 4.44. The van der Waals surface area contributed by atoms with Gasteiger partial charge in [-0.1, -0.05) is 6.92 Å². The molecule has 0 atom stereocenters. The Morgan fingerprint density at radius 1 is 1.37 bits per heavy atom. The first-order valence-electron chi connectivity index (χ1n) is 6.77. The number of hydrogen-bond donors (Lipinski definition) is 1. The molecule has 0 spiro atoms. The molecule has 1 fully saturated rings. The van der Waals surface area contributed by atoms with Gasteiger partial charge in [-0.05, 0) is 6.42 Å². The van der Waals surface area contributed by atoms with Crippen LogP contribution in [-0.4, -0.2) is 58.6 Å². The van der Waals surface area contributed by atoms with E-state index in [1.54, 1.807) is 11.3 Å². The minimum Gasteiger partial charge on any atom is -0.481 e. The van der Waals surface area contributed by atoms with Crippen LogP contribution in [0.4, 0.5) is 0 Å². The molecule has 2 rings (SSSR count). The fourth-order valence-electron chi connectivity index (χ4n) is 2.24. The Balaban J connectivity index is 1.72. The zero-order valence-corrected chi connectivity index (χ0v) is 12.2. The molecular weight excluding hydrogens is 262 g/mol. The smallest absolute Gasteiger partial charge is 0.304 e. The molecule has 1 aliphatic rings. The summed E-state index contributed by atoms with van der Waals surface area (Å²) in [4.78, 5) is 19.7. The van der Waals surface area contributed by atoms with Crippen LogP contribution in [0.5, 0.6) is 0 Å². The summed E-state index contributed by atoms with van der Waals surface area (Å²) in [5.41, 5.74) is 1.17. The SMILES string of the molecule is CCc1nc(CN2CCN(CCC(=O)O)CC2)cs1. The van der Waals surface area contributed by atoms with E-state index in [9.17, 15) is 4.79 Å². The highest BCUT2D eigenvalue weighted by atomic mass is 32.1. The van der Waals surface area contributed by atoms with Crippen molar-refractivity contribution in [1.82, 2.24) is 14.8 Å². The Morgan fingerprint density at radius 2 is 2.05 bits per heavy atom. The molecule has 1 aliphatic heterocycles. The van der Waals surface area contributed by atoms with Crippen LogP contribution in [-0.2, 0) is 17.8 Å². The van der Waals surface area contributed by atoms with Crippen LogP contribution in [0.1, 0.15) is 24.0 Å². The lowest BCUT2D eigenvalue weighted by Gasteiger charge is -2.34. The summed E-state index contributed by atoms with van der Waals surface area (Å²) in [5.74, 6) is -0.711. The topological polar surface area (TPSA) is 56.7 Å². The van der Waals surface area contributed by atoms with Crippen molar-refractivity contribution in [2.45, 2.75) is 26.3 Å². The second-order valence-corrected chi connectivity index (χ2v) is 5.79. The molecule has 0 unspecified atom stereocenters. The molecule has 1 aromatic heterocycles. The van der Waals surface area contributed by atoms with Gasteiger partial charge in [0.15, 0.2) is 0 Å². The van der Waals surface area contributed by atoms with Gasteiger partial charge in [0, 0.05) is 44.6 Å². The number of hydrogen-bond acceptors (Lipinski definition) is 5. The van der Waals surface area contributed by atoms with E-state index in [2.05, 4.69) is 27.1 Å². The first-order chi connectivity index (χ1) is 9.17. The summed E-state index contributed by atoms with van der Waals surface area (Å²) in [7, 11) is 0. The molecule has 0 radical (unpaired) electrons. The van der Waals surface area contributed by atoms with Crippen molar-refractivity contribution < 1.29 is 9.90 Å². The van der Waals surface area contributed by atoms with Crippen molar-refractivity contribution in [3.63, 3.8) is 0 Å². The fraction of sp³-hybridized carbons (Fsp3) is 0.692. The lowest BCUT2D eigenvalue weighted by Crippen LogP contribution is -2.46. The van der Waals surface area contributed by atoms with Crippen molar-refractivity contribution in [2.75, 3.05) is 32.7 Å². The highest BCUT2D eigenvalue weighted by Crippen LogP contribution is 2.13. The zero-order chi connectivity index (χ0) is 13.7. The van der Waals surface area contributed by atoms with Crippen molar-refractivity contribution in [3.8, 4) is 0 Å². The maximum Gasteiger partial charge on any atom is 0.304 e. The molecule has 6 heteroatoms. The second-order valence-electron chi connectivity index (χ2n) is 4.85. The number of nitrogens with zero attached hydrogens (tertiary/aromatic N) is 3. The van der Waals surface area contributed by atoms with Gasteiger partial charge in [-0.15, -0.1) is 11.3 Å². The normalized spacial score (nSPS) is 17.7. The van der Waals surface area contributed by atoms with Crippen LogP contribution in [0.25, 0.3) is 0 Å². The van der Waals surface area contributed by atoms with Crippen molar-refractivity contribution in [3.05, 3.63) is 16.1 Å². The summed E-state index contributed by atoms with van der Waals surface area (Å²) in [5, 5.41) is 12.0. The van der Waals surface area contributed by atoms with Gasteiger partial charge in [0.2, 0.25) is 0 Å². The number of carbonyl (C=O) groups is 1. The zero-order valence-electron chi connectivity index (χ0n) is 11.3. The molecule has 2 heterocycles. The molecule has 1 aromatic rings. The van der Waals surface area contributed by atoms with Gasteiger partial charge in [-0.2, -0.15) is 0 Å². The van der Waals surface area contributed by atoms with Crippen LogP contribution < -0.4 is 0 Å². The summed E-state index contributed by atoms with van der Waals surface area (Å²) in [6.07, 6.45) is 1.25. The van der Waals surface area contributed by atoms with Crippen LogP contribution in [0.2, 0.25) is 0 Å². The minimum atomic E-state index is -0.711. The van der Waals surface area contributed by atoms with Gasteiger partial charge in [0.25, 0.3) is 0 Å². The average molecular weight is 283 g/mol. The molecule has 0 saturated carbocycles. The van der Waals surface area contributed by atoms with Gasteiger partial charge in [0.1, 0.15) is 0 Å². The lowest BCUT2D eigenvalue weighted by atomic mass is 10.2. The van der Waals surface area contributed by atoms with Gasteiger partial charge >= 0.3 is 5.97 Å². The summed E-state index contributed by atoms with van der Waals surface area (Å²) >= 11 is 1.74. The quantitative estimate of drug-likeness (QED) is 0.853. The third kappa shape index (κ3) is 4.56. The van der Waals surface area contributed by atoms with Gasteiger partial charge in [-0.3, -0.25) is 9.69 Å². The monoisotopic (exact) mass is 283 g/mol. The Hall–Kier alpha value is -0.980. The van der Waals surface area contributed by atoms with Gasteiger partial charge in [0.05, 0.1) is 17.1 Å². The molecule has 19 heavy (non-hydrogen) atoms. The molecule has 5 nitrogen and oxygen atoms in total. The predicted octanol–water partition coefficient (Wildman–Crippen LogP) is 1.30. The number of carboxylic acids is 1. The van der Waals surface area contributed by atoms with Gasteiger partial charge in [-0.25, -0.2) is 4.98 Å². The lowest BCUT2D eigenvalue weighted by molar-refractivity contribution is -0.137. The van der Waals surface area contributed by atoms with Gasteiger partial charge < -0.3 is 10.0 Å². The van der Waals surface area contributed by atoms with E-state index < -0.39 is 5.97 Å². The number of carboxylic acid groups (broad SMARTS) is 1. The van der Waals surface area contributed by atoms with Crippen molar-refractivity contribution >= 4 is 17.3 Å². The van der Waals surface area contributed by atoms with E-state index in [-0.39, 0.29) is 6.42 Å². The van der Waals surface area contributed by atoms with Crippen LogP contribution in [0.3, 0.4) is 0 Å². The number of aromatic nitrogens is 1. The van der Waals surface area contributed by atoms with Crippen LogP contribution >= 0.6 is 11.3 Å². The van der Waals surface area contributed by atoms with Crippen LogP contribution in [0, 0.1) is 0 Å². The Morgan fingerprint density at radius 3 is 2.63 bits per heavy atom. The Labute approximate surface area is 117 Å². The Kier molecular flexibility index (Phi) is 5.30. The molecule has 0 amide bonds. The van der Waals surface area contributed by atoms with E-state index in [0.717, 1.165) is 39.1 Å². The van der Waals surface area contributed by atoms with E-state index >= 15 is 0 Å². The molecule has 1 N–H and O–H groups in total. The maximum atomic E-state index is 10.5. The molecular formula is C13H21N3O2S. The standard InChI is InChI=1S/C13H21N3O2S/c1-2-12-14-11(10-19-12)9-16-7-5-15(6-8-16)4-3-13(17)18/h10H,2-9H2,1H3,(H,17,18). The van der Waals surface area contributed by atoms with E-state index in [1.165, 1.54) is 10.7 Å². The third-order valence-electron chi connectivity index (χ3n) is 3.39. The molecule has 0 aliphatic carbocycles. The van der Waals surface area contributed by atoms with E-state index in [1.807, 2.05) is 0 Å². The fourth-order valence-corrected chi connectivity index (χ4v) is 2.97. The maximum absolute atomic E-state index is 10.5. The summed E-state index contributed by atoms with van der Waals surface area (Å²) in [6, 6.07) is 0. The largest absolute Gasteiger partial charge is 0.481 e. The number of thiazole rings is 1. The first-order valence-corrected chi connectivity index (χ1v) is 7.65. The average Bonchev–Trinajstić information content (AvgIpc) is 2.85. The minimum absolute atomic E-state index is 0.242. The number of rotatable bonds is 6. The highest BCUT2D eigenvalue weighted by Gasteiger charge is 2.18. The highest BCUT2D eigenvalue weighted by molar-refractivity contribution is 7.09. The predicted molar refractivity (Wildman–Crippen MR) is 75.5 cm³/mol. The van der Waals surface area contributed by atoms with Crippen molar-refractivity contribution in [2.24, 2.45) is 0 Å². The molecule has 1 saturated heterocycles. The first kappa shape index (κ1) is 14.4. The number of aryl methyl sites for hydroxylation is 1. The Bertz CT molecular complexity index is 414. The molecule has 0 bridgehead atoms. The van der Waals surface area contributed by atoms with Crippen molar-refractivity contribution in [1.29, 1.82) is 0 Å². The number of piperazine rings is 1. The number of aliphatic carboxylic acids is 1. The second kappa shape index (κ2) is 6.98. The van der Waals surface area contributed by atoms with Crippen LogP contribution in [0.15, 0.2) is 5.38 Å². The van der Waals surface area contributed by atoms with E-state index in [4.69, 9.17) is 5.11 Å². The summed E-state index contributed by atoms with van der Waals surface area (Å²) in [6.45, 7) is 7.63.